The van der Waals surface area contributed by atoms with Gasteiger partial charge in [0.05, 0.1) is 5.71 Å². The molecule has 2 aromatic carbocycles. The van der Waals surface area contributed by atoms with Gasteiger partial charge in [0.25, 0.3) is 0 Å². The molecule has 3 rings (SSSR count). The van der Waals surface area contributed by atoms with Crippen molar-refractivity contribution in [2.24, 2.45) is 5.10 Å². The monoisotopic (exact) mass is 297 g/mol. The summed E-state index contributed by atoms with van der Waals surface area (Å²) in [6, 6.07) is 10.5. The van der Waals surface area contributed by atoms with Crippen LogP contribution < -0.4 is 11.2 Å². The van der Waals surface area contributed by atoms with Crippen LogP contribution in [0.15, 0.2) is 41.5 Å². The first kappa shape index (κ1) is 14.3. The Morgan fingerprint density at radius 2 is 1.91 bits per heavy atom. The van der Waals surface area contributed by atoms with Crippen LogP contribution in [0, 0.1) is 12.7 Å². The predicted molar refractivity (Wildman–Crippen MR) is 84.9 cm³/mol. The highest BCUT2D eigenvalue weighted by Crippen LogP contribution is 2.27. The normalized spacial score (nSPS) is 14.5. The number of nitrogen functional groups attached to an aromatic ring is 1. The lowest BCUT2D eigenvalue weighted by Gasteiger charge is -2.13. The molecule has 0 radical (unpaired) electrons. The van der Waals surface area contributed by atoms with Crippen LogP contribution in [-0.2, 0) is 4.79 Å². The minimum Gasteiger partial charge on any atom is -0.398 e. The number of nitrogens with zero attached hydrogens (tertiary/aromatic N) is 1. The smallest absolute Gasteiger partial charge is 0.240 e. The summed E-state index contributed by atoms with van der Waals surface area (Å²) in [4.78, 5) is 11.1. The van der Waals surface area contributed by atoms with Crippen molar-refractivity contribution in [2.45, 2.75) is 19.8 Å². The van der Waals surface area contributed by atoms with Gasteiger partial charge in [-0.3, -0.25) is 4.79 Å². The molecule has 112 valence electrons. The van der Waals surface area contributed by atoms with Gasteiger partial charge < -0.3 is 5.73 Å². The zero-order chi connectivity index (χ0) is 15.7. The number of nitrogens with two attached hydrogens (primary N) is 1. The first-order chi connectivity index (χ1) is 10.5. The van der Waals surface area contributed by atoms with Crippen molar-refractivity contribution in [3.8, 4) is 11.1 Å². The Labute approximate surface area is 127 Å². The minimum atomic E-state index is -0.333. The van der Waals surface area contributed by atoms with Gasteiger partial charge in [-0.05, 0) is 30.2 Å². The molecule has 0 fully saturated rings. The Morgan fingerprint density at radius 3 is 2.55 bits per heavy atom. The number of hydrazone groups is 1. The number of hydrogen-bond acceptors (Lipinski definition) is 3. The maximum Gasteiger partial charge on any atom is 0.240 e. The maximum absolute atomic E-state index is 14.4. The second kappa shape index (κ2) is 5.60. The van der Waals surface area contributed by atoms with Gasteiger partial charge in [0.15, 0.2) is 0 Å². The third-order valence-corrected chi connectivity index (χ3v) is 3.80. The van der Waals surface area contributed by atoms with Crippen LogP contribution in [0.1, 0.15) is 24.0 Å². The third kappa shape index (κ3) is 2.70. The van der Waals surface area contributed by atoms with Gasteiger partial charge in [-0.2, -0.15) is 5.10 Å². The first-order valence-corrected chi connectivity index (χ1v) is 7.06. The maximum atomic E-state index is 14.4. The molecule has 0 bridgehead atoms. The van der Waals surface area contributed by atoms with E-state index in [1.54, 1.807) is 12.1 Å². The van der Waals surface area contributed by atoms with Crippen LogP contribution >= 0.6 is 0 Å². The topological polar surface area (TPSA) is 67.5 Å². The van der Waals surface area contributed by atoms with Gasteiger partial charge in [-0.15, -0.1) is 0 Å². The molecule has 4 nitrogen and oxygen atoms in total. The van der Waals surface area contributed by atoms with Crippen molar-refractivity contribution in [1.82, 2.24) is 5.43 Å². The Morgan fingerprint density at radius 1 is 1.14 bits per heavy atom. The molecule has 1 amide bonds. The van der Waals surface area contributed by atoms with E-state index in [4.69, 9.17) is 5.73 Å². The van der Waals surface area contributed by atoms with Crippen molar-refractivity contribution < 1.29 is 9.18 Å². The second-order valence-corrected chi connectivity index (χ2v) is 5.36. The number of rotatable bonds is 2. The summed E-state index contributed by atoms with van der Waals surface area (Å²) in [6.45, 7) is 1.91. The lowest BCUT2D eigenvalue weighted by molar-refractivity contribution is -0.121. The molecule has 0 aliphatic carbocycles. The fraction of sp³-hybridized carbons (Fsp3) is 0.176. The number of nitrogens with one attached hydrogen (secondary N) is 1. The molecule has 0 aromatic heterocycles. The highest BCUT2D eigenvalue weighted by molar-refractivity contribution is 6.04. The molecule has 5 heteroatoms. The summed E-state index contributed by atoms with van der Waals surface area (Å²) in [5.41, 5.74) is 12.5. The average molecular weight is 297 g/mol. The lowest BCUT2D eigenvalue weighted by Crippen LogP contribution is -2.25. The summed E-state index contributed by atoms with van der Waals surface area (Å²) >= 11 is 0. The Bertz CT molecular complexity index is 783. The molecule has 1 heterocycles. The number of hydrogen-bond donors (Lipinski definition) is 2. The van der Waals surface area contributed by atoms with E-state index < -0.39 is 0 Å². The van der Waals surface area contributed by atoms with E-state index >= 15 is 0 Å². The van der Waals surface area contributed by atoms with E-state index in [9.17, 15) is 9.18 Å². The molecular weight excluding hydrogens is 281 g/mol. The quantitative estimate of drug-likeness (QED) is 0.837. The van der Waals surface area contributed by atoms with E-state index in [2.05, 4.69) is 10.5 Å². The zero-order valence-electron chi connectivity index (χ0n) is 12.2. The highest BCUT2D eigenvalue weighted by Gasteiger charge is 2.15. The first-order valence-electron chi connectivity index (χ1n) is 7.06. The van der Waals surface area contributed by atoms with Crippen molar-refractivity contribution in [1.29, 1.82) is 0 Å². The Balaban J connectivity index is 1.95. The number of amides is 1. The summed E-state index contributed by atoms with van der Waals surface area (Å²) in [5, 5.41) is 3.98. The molecule has 22 heavy (non-hydrogen) atoms. The van der Waals surface area contributed by atoms with Gasteiger partial charge in [0.2, 0.25) is 5.91 Å². The molecule has 0 spiro atoms. The number of halogens is 1. The lowest BCUT2D eigenvalue weighted by atomic mass is 9.98. The average Bonchev–Trinajstić information content (AvgIpc) is 2.51. The molecule has 1 aliphatic heterocycles. The number of carbonyl (C=O) groups is 1. The zero-order valence-corrected chi connectivity index (χ0v) is 12.2. The van der Waals surface area contributed by atoms with Crippen LogP contribution in [0.2, 0.25) is 0 Å². The number of aryl methyl sites for hydroxylation is 1. The van der Waals surface area contributed by atoms with E-state index in [1.807, 2.05) is 25.1 Å². The third-order valence-electron chi connectivity index (χ3n) is 3.80. The van der Waals surface area contributed by atoms with Crippen LogP contribution in [-0.4, -0.2) is 11.6 Å². The van der Waals surface area contributed by atoms with Crippen LogP contribution in [0.4, 0.5) is 10.1 Å². The van der Waals surface area contributed by atoms with E-state index in [0.717, 1.165) is 11.1 Å². The fourth-order valence-corrected chi connectivity index (χ4v) is 2.42. The highest BCUT2D eigenvalue weighted by atomic mass is 19.1. The largest absolute Gasteiger partial charge is 0.398 e. The number of anilines is 1. The van der Waals surface area contributed by atoms with E-state index in [-0.39, 0.29) is 11.7 Å². The van der Waals surface area contributed by atoms with Crippen molar-refractivity contribution in [2.75, 3.05) is 5.73 Å². The fourth-order valence-electron chi connectivity index (χ4n) is 2.42. The van der Waals surface area contributed by atoms with Crippen LogP contribution in [0.25, 0.3) is 11.1 Å². The van der Waals surface area contributed by atoms with Gasteiger partial charge in [-0.1, -0.05) is 24.3 Å². The SMILES string of the molecule is Cc1ccc(-c2ccc(C3=NNC(=O)CC3)cc2F)cc1N. The second-order valence-electron chi connectivity index (χ2n) is 5.36. The van der Waals surface area contributed by atoms with Crippen LogP contribution in [0.3, 0.4) is 0 Å². The molecular formula is C17H16FN3O. The molecule has 3 N–H and O–H groups in total. The summed E-state index contributed by atoms with van der Waals surface area (Å²) in [5.74, 6) is -0.448. The standard InChI is InChI=1S/C17H16FN3O/c1-10-2-3-11(9-15(10)19)13-5-4-12(8-14(13)18)16-6-7-17(22)21-20-16/h2-5,8-9H,6-7,19H2,1H3,(H,21,22). The Kier molecular flexibility index (Phi) is 3.63. The predicted octanol–water partition coefficient (Wildman–Crippen LogP) is 3.00. The molecule has 0 unspecified atom stereocenters. The van der Waals surface area contributed by atoms with E-state index in [0.29, 0.717) is 35.4 Å². The van der Waals surface area contributed by atoms with Gasteiger partial charge in [0.1, 0.15) is 5.82 Å². The molecule has 1 aliphatic rings. The van der Waals surface area contributed by atoms with Crippen molar-refractivity contribution >= 4 is 17.3 Å². The number of benzene rings is 2. The molecule has 0 saturated heterocycles. The molecule has 0 saturated carbocycles. The minimum absolute atomic E-state index is 0.115. The number of carbonyl (C=O) groups excluding carboxylic acids is 1. The summed E-state index contributed by atoms with van der Waals surface area (Å²) in [7, 11) is 0. The van der Waals surface area contributed by atoms with Gasteiger partial charge >= 0.3 is 0 Å². The Hall–Kier alpha value is -2.69. The van der Waals surface area contributed by atoms with Crippen molar-refractivity contribution in [3.05, 3.63) is 53.3 Å². The summed E-state index contributed by atoms with van der Waals surface area (Å²) < 4.78 is 14.4. The van der Waals surface area contributed by atoms with Crippen LogP contribution in [0.5, 0.6) is 0 Å². The van der Waals surface area contributed by atoms with Crippen molar-refractivity contribution in [3.63, 3.8) is 0 Å². The van der Waals surface area contributed by atoms with Gasteiger partial charge in [-0.25, -0.2) is 9.82 Å². The molecule has 0 atom stereocenters. The summed E-state index contributed by atoms with van der Waals surface area (Å²) in [6.07, 6.45) is 0.888. The molecule has 2 aromatic rings. The van der Waals surface area contributed by atoms with Gasteiger partial charge in [0, 0.05) is 29.7 Å². The van der Waals surface area contributed by atoms with E-state index in [1.165, 1.54) is 6.07 Å².